The van der Waals surface area contributed by atoms with Crippen molar-refractivity contribution in [2.45, 2.75) is 103 Å². The Morgan fingerprint density at radius 1 is 0.682 bits per heavy atom. The SMILES string of the molecule is CC(=O)OC[C@H]1O[C@@H](CC(=S)Nc2cccc(C3O[C@H](CN(C)Cc4c5ccccc5cc5ccccc45)[C@H](C)[C@H](c4ccc(CO)cc4)O3)c2)[C@H](OC(C)=O)[C@@H](OC(C)=O)[C@@H]1OC(C)=O. The molecule has 0 aliphatic carbocycles. The van der Waals surface area contributed by atoms with Crippen LogP contribution in [-0.4, -0.2) is 95.7 Å². The lowest BCUT2D eigenvalue weighted by Crippen LogP contribution is -2.62. The van der Waals surface area contributed by atoms with Gasteiger partial charge in [-0.3, -0.25) is 24.1 Å². The van der Waals surface area contributed by atoms with E-state index in [1.165, 1.54) is 54.8 Å². The number of carbonyl (C=O) groups excluding carboxylic acids is 4. The molecule has 2 aliphatic rings. The summed E-state index contributed by atoms with van der Waals surface area (Å²) < 4.78 is 42.0. The molecule has 0 aromatic heterocycles. The van der Waals surface area contributed by atoms with Crippen molar-refractivity contribution in [2.24, 2.45) is 5.92 Å². The Bertz CT molecular complexity index is 2500. The monoisotopic (exact) mass is 920 g/mol. The molecule has 15 heteroatoms. The first-order valence-electron chi connectivity index (χ1n) is 22.0. The number of aliphatic hydroxyl groups excluding tert-OH is 1. The first-order chi connectivity index (χ1) is 31.7. The molecule has 2 fully saturated rings. The van der Waals surface area contributed by atoms with Crippen LogP contribution in [0.3, 0.4) is 0 Å². The molecule has 348 valence electrons. The third-order valence-electron chi connectivity index (χ3n) is 11.8. The lowest BCUT2D eigenvalue weighted by Gasteiger charge is -2.44. The summed E-state index contributed by atoms with van der Waals surface area (Å²) in [6, 6.07) is 34.5. The minimum absolute atomic E-state index is 0.0428. The quantitative estimate of drug-likeness (QED) is 0.0454. The van der Waals surface area contributed by atoms with Crippen LogP contribution in [0.25, 0.3) is 21.5 Å². The van der Waals surface area contributed by atoms with E-state index in [-0.39, 0.29) is 42.7 Å². The number of rotatable bonds is 15. The number of fused-ring (bicyclic) bond motifs is 2. The minimum atomic E-state index is -1.31. The molecule has 5 aromatic carbocycles. The van der Waals surface area contributed by atoms with Gasteiger partial charge in [-0.1, -0.05) is 104 Å². The number of hydrogen-bond donors (Lipinski definition) is 2. The highest BCUT2D eigenvalue weighted by atomic mass is 32.1. The average molecular weight is 921 g/mol. The lowest BCUT2D eigenvalue weighted by molar-refractivity contribution is -0.276. The highest BCUT2D eigenvalue weighted by Crippen LogP contribution is 2.43. The normalized spacial score (nSPS) is 24.1. The number of benzene rings is 5. The Morgan fingerprint density at radius 3 is 1.89 bits per heavy atom. The number of nitrogens with zero attached hydrogens (tertiary/aromatic N) is 1. The summed E-state index contributed by atoms with van der Waals surface area (Å²) in [6.45, 7) is 7.75. The van der Waals surface area contributed by atoms with Gasteiger partial charge in [-0.25, -0.2) is 0 Å². The molecule has 2 aliphatic heterocycles. The smallest absolute Gasteiger partial charge is 0.303 e. The van der Waals surface area contributed by atoms with Crippen molar-refractivity contribution in [2.75, 3.05) is 25.5 Å². The summed E-state index contributed by atoms with van der Waals surface area (Å²) in [6.07, 6.45) is -7.40. The Hall–Kier alpha value is -5.81. The van der Waals surface area contributed by atoms with E-state index in [2.05, 4.69) is 78.8 Å². The molecule has 2 heterocycles. The lowest BCUT2D eigenvalue weighted by atomic mass is 9.89. The zero-order chi connectivity index (χ0) is 47.1. The zero-order valence-electron chi connectivity index (χ0n) is 37.8. The molecule has 0 saturated carbocycles. The molecule has 0 spiro atoms. The summed E-state index contributed by atoms with van der Waals surface area (Å²) in [4.78, 5) is 51.4. The number of aliphatic hydroxyl groups is 1. The molecule has 0 radical (unpaired) electrons. The van der Waals surface area contributed by atoms with Crippen molar-refractivity contribution in [3.8, 4) is 0 Å². The van der Waals surface area contributed by atoms with Crippen LogP contribution >= 0.6 is 12.2 Å². The van der Waals surface area contributed by atoms with Crippen molar-refractivity contribution >= 4 is 68.3 Å². The van der Waals surface area contributed by atoms with Gasteiger partial charge in [-0.05, 0) is 63.5 Å². The second-order valence-corrected chi connectivity index (χ2v) is 17.4. The predicted octanol–water partition coefficient (Wildman–Crippen LogP) is 7.66. The summed E-state index contributed by atoms with van der Waals surface area (Å²) in [5, 5.41) is 17.8. The molecule has 5 aromatic rings. The van der Waals surface area contributed by atoms with E-state index < -0.39 is 60.7 Å². The molecule has 2 N–H and O–H groups in total. The van der Waals surface area contributed by atoms with E-state index >= 15 is 0 Å². The second-order valence-electron chi connectivity index (χ2n) is 16.9. The van der Waals surface area contributed by atoms with E-state index in [4.69, 9.17) is 45.4 Å². The molecular formula is C51H56N2O12S. The van der Waals surface area contributed by atoms with Crippen LogP contribution in [0.5, 0.6) is 0 Å². The van der Waals surface area contributed by atoms with Crippen molar-refractivity contribution in [1.82, 2.24) is 4.90 Å². The fourth-order valence-electron chi connectivity index (χ4n) is 8.89. The maximum atomic E-state index is 12.4. The van der Waals surface area contributed by atoms with Gasteiger partial charge in [0.05, 0.1) is 23.8 Å². The van der Waals surface area contributed by atoms with Crippen LogP contribution < -0.4 is 5.32 Å². The van der Waals surface area contributed by atoms with Gasteiger partial charge in [-0.15, -0.1) is 0 Å². The van der Waals surface area contributed by atoms with Crippen LogP contribution in [0.15, 0.2) is 103 Å². The summed E-state index contributed by atoms with van der Waals surface area (Å²) in [5.41, 5.74) is 4.34. The van der Waals surface area contributed by atoms with Gasteiger partial charge < -0.3 is 43.6 Å². The largest absolute Gasteiger partial charge is 0.463 e. The van der Waals surface area contributed by atoms with Crippen LogP contribution in [0.2, 0.25) is 0 Å². The van der Waals surface area contributed by atoms with E-state index in [0.717, 1.165) is 16.7 Å². The molecule has 66 heavy (non-hydrogen) atoms. The van der Waals surface area contributed by atoms with E-state index in [9.17, 15) is 24.3 Å². The summed E-state index contributed by atoms with van der Waals surface area (Å²) in [5.74, 6) is -2.82. The first-order valence-corrected chi connectivity index (χ1v) is 22.4. The van der Waals surface area contributed by atoms with Crippen molar-refractivity contribution < 1.29 is 57.4 Å². The molecule has 7 rings (SSSR count). The van der Waals surface area contributed by atoms with Gasteiger partial charge in [0, 0.05) is 64.4 Å². The second kappa shape index (κ2) is 21.7. The van der Waals surface area contributed by atoms with Gasteiger partial charge in [0.15, 0.2) is 24.6 Å². The Labute approximate surface area is 389 Å². The maximum absolute atomic E-state index is 12.4. The fraction of sp³-hybridized carbons (Fsp3) is 0.392. The first kappa shape index (κ1) is 48.1. The highest BCUT2D eigenvalue weighted by molar-refractivity contribution is 7.80. The Morgan fingerprint density at radius 2 is 1.29 bits per heavy atom. The van der Waals surface area contributed by atoms with Crippen molar-refractivity contribution in [3.05, 3.63) is 125 Å². The average Bonchev–Trinajstić information content (AvgIpc) is 3.28. The molecule has 2 saturated heterocycles. The number of hydrogen-bond acceptors (Lipinski definition) is 14. The molecule has 0 amide bonds. The molecule has 1 unspecified atom stereocenters. The number of ether oxygens (including phenoxy) is 7. The van der Waals surface area contributed by atoms with Crippen LogP contribution in [0.4, 0.5) is 5.69 Å². The number of esters is 4. The fourth-order valence-corrected chi connectivity index (χ4v) is 9.17. The number of anilines is 1. The van der Waals surface area contributed by atoms with Gasteiger partial charge in [0.25, 0.3) is 0 Å². The standard InChI is InChI=1S/C51H56N2O12S/c1-29-44(26-53(6)25-42-40-16-9-7-12-36(40)22-37-13-8-10-17-41(37)42)64-51(65-47(29)35-20-18-34(27-54)19-21-35)38-14-11-15-39(23-38)52-46(66)24-43-48(60-31(3)56)50(62-33(5)58)49(61-32(4)57)45(63-43)28-59-30(2)55/h7-23,29,43-45,47-51,54H,24-28H2,1-6H3,(H,52,66)/t29-,43-,44+,45+,47+,48-,49+,50+,51?/m0/s1. The van der Waals surface area contributed by atoms with Crippen molar-refractivity contribution in [3.63, 3.8) is 0 Å². The van der Waals surface area contributed by atoms with Gasteiger partial charge in [0.1, 0.15) is 18.8 Å². The zero-order valence-corrected chi connectivity index (χ0v) is 38.7. The molecule has 9 atom stereocenters. The molecule has 14 nitrogen and oxygen atoms in total. The minimum Gasteiger partial charge on any atom is -0.463 e. The van der Waals surface area contributed by atoms with Crippen LogP contribution in [0.1, 0.15) is 75.7 Å². The van der Waals surface area contributed by atoms with Crippen LogP contribution in [0, 0.1) is 5.92 Å². The Balaban J connectivity index is 1.13. The topological polar surface area (TPSA) is 168 Å². The van der Waals surface area contributed by atoms with Crippen molar-refractivity contribution in [1.29, 1.82) is 0 Å². The Kier molecular flexibility index (Phi) is 15.8. The molecular weight excluding hydrogens is 865 g/mol. The molecule has 0 bridgehead atoms. The number of likely N-dealkylation sites (N-methyl/N-ethyl adjacent to an activating group) is 1. The summed E-state index contributed by atoms with van der Waals surface area (Å²) in [7, 11) is 2.11. The number of thiocarbonyl (C=S) groups is 1. The third-order valence-corrected chi connectivity index (χ3v) is 12.1. The highest BCUT2D eigenvalue weighted by Gasteiger charge is 2.52. The predicted molar refractivity (Wildman–Crippen MR) is 250 cm³/mol. The van der Waals surface area contributed by atoms with E-state index in [1.54, 1.807) is 0 Å². The van der Waals surface area contributed by atoms with Crippen LogP contribution in [-0.2, 0) is 65.5 Å². The third kappa shape index (κ3) is 11.8. The van der Waals surface area contributed by atoms with Gasteiger partial charge in [-0.2, -0.15) is 0 Å². The number of nitrogens with one attached hydrogen (secondary N) is 1. The number of carbonyl (C=O) groups is 4. The summed E-state index contributed by atoms with van der Waals surface area (Å²) >= 11 is 5.86. The van der Waals surface area contributed by atoms with Gasteiger partial charge in [0.2, 0.25) is 0 Å². The van der Waals surface area contributed by atoms with E-state index in [0.29, 0.717) is 18.8 Å². The van der Waals surface area contributed by atoms with E-state index in [1.807, 2.05) is 48.5 Å². The van der Waals surface area contributed by atoms with Gasteiger partial charge >= 0.3 is 23.9 Å². The maximum Gasteiger partial charge on any atom is 0.303 e.